The summed E-state index contributed by atoms with van der Waals surface area (Å²) in [6.45, 7) is 15.3. The molecule has 0 saturated carbocycles. The lowest BCUT2D eigenvalue weighted by Crippen LogP contribution is -2.27. The molecule has 1 atom stereocenters. The van der Waals surface area contributed by atoms with Gasteiger partial charge in [-0.15, -0.1) is 0 Å². The SMILES string of the molecule is Cc1cccc(C(=O)c2cc(C)c(C)c(Cc3cc(C(C)(CI)c4cccc(C)c4C)ccc3C)c2)c1. The van der Waals surface area contributed by atoms with E-state index in [0.29, 0.717) is 0 Å². The second-order valence-electron chi connectivity index (χ2n) is 10.8. The maximum Gasteiger partial charge on any atom is 0.193 e. The first-order valence-corrected chi connectivity index (χ1v) is 14.5. The van der Waals surface area contributed by atoms with Gasteiger partial charge in [-0.1, -0.05) is 89.7 Å². The van der Waals surface area contributed by atoms with Crippen molar-refractivity contribution in [2.24, 2.45) is 0 Å². The van der Waals surface area contributed by atoms with Crippen LogP contribution in [0.5, 0.6) is 0 Å². The third kappa shape index (κ3) is 5.45. The number of rotatable bonds is 7. The minimum Gasteiger partial charge on any atom is -0.289 e. The van der Waals surface area contributed by atoms with Crippen LogP contribution in [-0.2, 0) is 11.8 Å². The summed E-state index contributed by atoms with van der Waals surface area (Å²) < 4.78 is 0.996. The number of aryl methyl sites for hydroxylation is 4. The average molecular weight is 601 g/mol. The fourth-order valence-corrected chi connectivity index (χ4v) is 6.12. The molecule has 0 heterocycles. The van der Waals surface area contributed by atoms with Crippen LogP contribution in [0.25, 0.3) is 0 Å². The summed E-state index contributed by atoms with van der Waals surface area (Å²) in [6.07, 6.45) is 0.811. The minimum atomic E-state index is -0.0763. The van der Waals surface area contributed by atoms with Crippen molar-refractivity contribution < 1.29 is 4.79 Å². The molecule has 1 nitrogen and oxygen atoms in total. The predicted octanol–water partition coefficient (Wildman–Crippen LogP) is 9.10. The summed E-state index contributed by atoms with van der Waals surface area (Å²) in [5.74, 6) is 0.0888. The van der Waals surface area contributed by atoms with E-state index >= 15 is 0 Å². The molecular weight excluding hydrogens is 563 g/mol. The molecule has 1 unspecified atom stereocenters. The van der Waals surface area contributed by atoms with Gasteiger partial charge in [0.2, 0.25) is 0 Å². The summed E-state index contributed by atoms with van der Waals surface area (Å²) in [5, 5.41) is 0. The maximum absolute atomic E-state index is 13.4. The molecule has 190 valence electrons. The van der Waals surface area contributed by atoms with Gasteiger partial charge in [0.15, 0.2) is 5.78 Å². The number of halogens is 1. The summed E-state index contributed by atoms with van der Waals surface area (Å²) in [6, 6.07) is 25.7. The van der Waals surface area contributed by atoms with Gasteiger partial charge in [0.25, 0.3) is 0 Å². The Labute approximate surface area is 236 Å². The van der Waals surface area contributed by atoms with Crippen LogP contribution in [0.1, 0.15) is 78.5 Å². The van der Waals surface area contributed by atoms with Crippen molar-refractivity contribution in [2.75, 3.05) is 4.43 Å². The quantitative estimate of drug-likeness (QED) is 0.118. The first-order chi connectivity index (χ1) is 17.5. The first kappa shape index (κ1) is 27.3. The highest BCUT2D eigenvalue weighted by Crippen LogP contribution is 2.38. The van der Waals surface area contributed by atoms with Crippen molar-refractivity contribution >= 4 is 28.4 Å². The molecule has 0 amide bonds. The van der Waals surface area contributed by atoms with Gasteiger partial charge in [-0.05, 0) is 116 Å². The van der Waals surface area contributed by atoms with Gasteiger partial charge in [-0.3, -0.25) is 4.79 Å². The van der Waals surface area contributed by atoms with Crippen molar-refractivity contribution in [1.29, 1.82) is 0 Å². The Bertz CT molecular complexity index is 1480. The molecule has 0 bridgehead atoms. The zero-order valence-electron chi connectivity index (χ0n) is 23.1. The number of carbonyl (C=O) groups is 1. The third-order valence-corrected chi connectivity index (χ3v) is 9.68. The highest BCUT2D eigenvalue weighted by atomic mass is 127. The normalized spacial score (nSPS) is 12.9. The Balaban J connectivity index is 1.76. The lowest BCUT2D eigenvalue weighted by atomic mass is 9.74. The molecule has 4 aromatic rings. The lowest BCUT2D eigenvalue weighted by molar-refractivity contribution is 0.103. The van der Waals surface area contributed by atoms with Crippen LogP contribution in [0, 0.1) is 41.5 Å². The highest BCUT2D eigenvalue weighted by molar-refractivity contribution is 14.1. The monoisotopic (exact) mass is 600 g/mol. The van der Waals surface area contributed by atoms with Gasteiger partial charge < -0.3 is 0 Å². The average Bonchev–Trinajstić information content (AvgIpc) is 2.88. The van der Waals surface area contributed by atoms with E-state index in [2.05, 4.69) is 107 Å². The Kier molecular flexibility index (Phi) is 8.08. The molecular formula is C35H37IO. The molecule has 0 saturated heterocycles. The molecule has 0 N–H and O–H groups in total. The molecule has 4 aromatic carbocycles. The van der Waals surface area contributed by atoms with Crippen molar-refractivity contribution in [3.63, 3.8) is 0 Å². The van der Waals surface area contributed by atoms with E-state index in [1.807, 2.05) is 37.3 Å². The summed E-state index contributed by atoms with van der Waals surface area (Å²) in [5.41, 5.74) is 14.2. The van der Waals surface area contributed by atoms with E-state index in [0.717, 1.165) is 33.1 Å². The Morgan fingerprint density at radius 1 is 0.703 bits per heavy atom. The van der Waals surface area contributed by atoms with Gasteiger partial charge in [-0.25, -0.2) is 0 Å². The minimum absolute atomic E-state index is 0.0763. The number of alkyl halides is 1. The molecule has 0 aliphatic carbocycles. The smallest absolute Gasteiger partial charge is 0.193 e. The van der Waals surface area contributed by atoms with Gasteiger partial charge in [0, 0.05) is 21.0 Å². The maximum atomic E-state index is 13.4. The van der Waals surface area contributed by atoms with Crippen LogP contribution < -0.4 is 0 Å². The third-order valence-electron chi connectivity index (χ3n) is 8.15. The van der Waals surface area contributed by atoms with Gasteiger partial charge in [-0.2, -0.15) is 0 Å². The molecule has 0 spiro atoms. The van der Waals surface area contributed by atoms with E-state index in [1.165, 1.54) is 44.5 Å². The standard InChI is InChI=1S/C35H37IO/c1-22-10-8-12-28(16-22)34(37)31-17-25(4)26(5)30(19-31)18-29-20-32(15-14-24(29)3)35(7,21-36)33-13-9-11-23(2)27(33)6/h8-17,19-20H,18,21H2,1-7H3. The Morgan fingerprint density at radius 2 is 1.43 bits per heavy atom. The summed E-state index contributed by atoms with van der Waals surface area (Å²) >= 11 is 2.54. The van der Waals surface area contributed by atoms with E-state index in [4.69, 9.17) is 0 Å². The number of hydrogen-bond acceptors (Lipinski definition) is 1. The Morgan fingerprint density at radius 3 is 2.14 bits per heavy atom. The summed E-state index contributed by atoms with van der Waals surface area (Å²) in [7, 11) is 0. The highest BCUT2D eigenvalue weighted by Gasteiger charge is 2.30. The van der Waals surface area contributed by atoms with Crippen molar-refractivity contribution in [2.45, 2.75) is 60.3 Å². The molecule has 4 rings (SSSR count). The molecule has 0 fully saturated rings. The van der Waals surface area contributed by atoms with Gasteiger partial charge >= 0.3 is 0 Å². The fraction of sp³-hybridized carbons (Fsp3) is 0.286. The second-order valence-corrected chi connectivity index (χ2v) is 11.6. The fourth-order valence-electron chi connectivity index (χ4n) is 5.26. The van der Waals surface area contributed by atoms with Crippen molar-refractivity contribution in [3.8, 4) is 0 Å². The van der Waals surface area contributed by atoms with Crippen molar-refractivity contribution in [3.05, 3.63) is 140 Å². The van der Waals surface area contributed by atoms with E-state index in [9.17, 15) is 4.79 Å². The topological polar surface area (TPSA) is 17.1 Å². The number of hydrogen-bond donors (Lipinski definition) is 0. The largest absolute Gasteiger partial charge is 0.289 e. The Hall–Kier alpha value is -2.72. The number of carbonyl (C=O) groups excluding carboxylic acids is 1. The molecule has 37 heavy (non-hydrogen) atoms. The van der Waals surface area contributed by atoms with Crippen LogP contribution in [0.3, 0.4) is 0 Å². The summed E-state index contributed by atoms with van der Waals surface area (Å²) in [4.78, 5) is 13.4. The predicted molar refractivity (Wildman–Crippen MR) is 166 cm³/mol. The van der Waals surface area contributed by atoms with E-state index in [-0.39, 0.29) is 11.2 Å². The van der Waals surface area contributed by atoms with Gasteiger partial charge in [0.05, 0.1) is 0 Å². The molecule has 0 aromatic heterocycles. The van der Waals surface area contributed by atoms with Crippen molar-refractivity contribution in [1.82, 2.24) is 0 Å². The van der Waals surface area contributed by atoms with Crippen LogP contribution in [0.15, 0.2) is 72.8 Å². The van der Waals surface area contributed by atoms with Crippen LogP contribution >= 0.6 is 22.6 Å². The van der Waals surface area contributed by atoms with Crippen LogP contribution in [0.2, 0.25) is 0 Å². The zero-order chi connectivity index (χ0) is 26.9. The molecule has 2 heteroatoms. The van der Waals surface area contributed by atoms with E-state index in [1.54, 1.807) is 0 Å². The van der Waals surface area contributed by atoms with Crippen LogP contribution in [-0.4, -0.2) is 10.2 Å². The molecule has 0 aliphatic rings. The number of benzene rings is 4. The molecule has 0 aliphatic heterocycles. The first-order valence-electron chi connectivity index (χ1n) is 13.0. The zero-order valence-corrected chi connectivity index (χ0v) is 25.3. The second kappa shape index (κ2) is 10.9. The van der Waals surface area contributed by atoms with Gasteiger partial charge in [0.1, 0.15) is 0 Å². The number of ketones is 1. The molecule has 0 radical (unpaired) electrons. The lowest BCUT2D eigenvalue weighted by Gasteiger charge is -2.32. The van der Waals surface area contributed by atoms with E-state index < -0.39 is 0 Å². The van der Waals surface area contributed by atoms with Crippen LogP contribution in [0.4, 0.5) is 0 Å².